The molecule has 7 aromatic carbocycles. The zero-order chi connectivity index (χ0) is 34.6. The van der Waals surface area contributed by atoms with Gasteiger partial charge in [0.25, 0.3) is 0 Å². The smallest absolute Gasteiger partial charge is 0.310 e. The SMILES string of the molecule is CCC1(CC)c2cc(/C=C/c3ccc(-c4ccc([Se]c5ccccc5)cc4)cc3)ccc2-c2ccc(N(c3ccccc3)c3ccccc3)cc21. The first kappa shape index (κ1) is 32.8. The molecule has 1 aliphatic rings. The average Bonchev–Trinajstić information content (AvgIpc) is 3.47. The van der Waals surface area contributed by atoms with Crippen LogP contribution in [0, 0.1) is 0 Å². The number of nitrogens with zero attached hydrogens (tertiary/aromatic N) is 1. The number of para-hydroxylation sites is 2. The summed E-state index contributed by atoms with van der Waals surface area (Å²) < 4.78 is 2.80. The van der Waals surface area contributed by atoms with Gasteiger partial charge in [-0.3, -0.25) is 0 Å². The van der Waals surface area contributed by atoms with Gasteiger partial charge < -0.3 is 4.90 Å². The molecule has 0 saturated carbocycles. The Bertz CT molecular complexity index is 2230. The summed E-state index contributed by atoms with van der Waals surface area (Å²) in [7, 11) is 0. The van der Waals surface area contributed by atoms with Gasteiger partial charge in [-0.25, -0.2) is 0 Å². The second kappa shape index (κ2) is 14.4. The zero-order valence-corrected chi connectivity index (χ0v) is 30.9. The first-order chi connectivity index (χ1) is 25.1. The van der Waals surface area contributed by atoms with Gasteiger partial charge >= 0.3 is 149 Å². The van der Waals surface area contributed by atoms with Crippen LogP contribution in [0.25, 0.3) is 34.4 Å². The summed E-state index contributed by atoms with van der Waals surface area (Å²) in [4.78, 5) is 2.38. The molecule has 0 aliphatic heterocycles. The van der Waals surface area contributed by atoms with Crippen LogP contribution in [0.2, 0.25) is 0 Å². The minimum Gasteiger partial charge on any atom is -0.310 e. The van der Waals surface area contributed by atoms with E-state index in [1.54, 1.807) is 0 Å². The molecule has 0 unspecified atom stereocenters. The van der Waals surface area contributed by atoms with E-state index < -0.39 is 0 Å². The molecule has 0 bridgehead atoms. The molecule has 0 radical (unpaired) electrons. The third-order valence-electron chi connectivity index (χ3n) is 10.4. The third kappa shape index (κ3) is 6.50. The molecule has 0 aromatic heterocycles. The number of benzene rings is 7. The molecule has 7 aromatic rings. The van der Waals surface area contributed by atoms with Gasteiger partial charge in [0.15, 0.2) is 0 Å². The number of hydrogen-bond donors (Lipinski definition) is 0. The van der Waals surface area contributed by atoms with Crippen LogP contribution in [-0.2, 0) is 5.41 Å². The van der Waals surface area contributed by atoms with Crippen LogP contribution in [0.1, 0.15) is 48.9 Å². The Kier molecular flexibility index (Phi) is 9.29. The quantitative estimate of drug-likeness (QED) is 0.100. The van der Waals surface area contributed by atoms with Crippen molar-refractivity contribution in [1.82, 2.24) is 0 Å². The average molecular weight is 723 g/mol. The minimum absolute atomic E-state index is 0.0387. The second-order valence-electron chi connectivity index (χ2n) is 13.2. The molecule has 1 aliphatic carbocycles. The Labute approximate surface area is 309 Å². The van der Waals surface area contributed by atoms with Gasteiger partial charge in [-0.1, -0.05) is 62.4 Å². The van der Waals surface area contributed by atoms with Crippen molar-refractivity contribution in [3.63, 3.8) is 0 Å². The van der Waals surface area contributed by atoms with Gasteiger partial charge in [-0.15, -0.1) is 0 Å². The summed E-state index contributed by atoms with van der Waals surface area (Å²) in [5.74, 6) is 0. The maximum absolute atomic E-state index is 2.46. The molecule has 0 heterocycles. The van der Waals surface area contributed by atoms with E-state index >= 15 is 0 Å². The summed E-state index contributed by atoms with van der Waals surface area (Å²) in [6, 6.07) is 64.3. The van der Waals surface area contributed by atoms with Crippen molar-refractivity contribution in [2.45, 2.75) is 32.1 Å². The van der Waals surface area contributed by atoms with Crippen molar-refractivity contribution >= 4 is 53.1 Å². The van der Waals surface area contributed by atoms with Crippen molar-refractivity contribution in [3.8, 4) is 22.3 Å². The van der Waals surface area contributed by atoms with Gasteiger partial charge in [0, 0.05) is 22.5 Å². The van der Waals surface area contributed by atoms with E-state index in [0.717, 1.165) is 24.2 Å². The first-order valence-corrected chi connectivity index (χ1v) is 19.7. The van der Waals surface area contributed by atoms with Crippen LogP contribution < -0.4 is 13.8 Å². The molecular formula is C49H41NSe. The van der Waals surface area contributed by atoms with Crippen LogP contribution >= 0.6 is 0 Å². The zero-order valence-electron chi connectivity index (χ0n) is 29.2. The Morgan fingerprint density at radius 1 is 0.451 bits per heavy atom. The van der Waals surface area contributed by atoms with E-state index in [9.17, 15) is 0 Å². The molecule has 0 fully saturated rings. The fourth-order valence-corrected chi connectivity index (χ4v) is 9.43. The van der Waals surface area contributed by atoms with Crippen molar-refractivity contribution in [1.29, 1.82) is 0 Å². The van der Waals surface area contributed by atoms with E-state index in [-0.39, 0.29) is 5.41 Å². The van der Waals surface area contributed by atoms with E-state index in [1.807, 2.05) is 0 Å². The molecule has 2 heteroatoms. The standard InChI is InChI=1S/C49H41NSe/c1-3-49(4-2)47-34-37(21-20-36-22-25-38(26-23-36)39-27-30-44(31-28-39)51-43-18-12-7-13-19-43)24-32-45(47)46-33-29-42(35-48(46)49)50(40-14-8-5-9-15-40)41-16-10-6-11-17-41/h5-35H,3-4H2,1-2H3/b21-20+. The summed E-state index contributed by atoms with van der Waals surface area (Å²) in [5, 5.41) is 0. The maximum atomic E-state index is 2.46. The van der Waals surface area contributed by atoms with Gasteiger partial charge in [0.2, 0.25) is 0 Å². The normalized spacial score (nSPS) is 12.8. The predicted molar refractivity (Wildman–Crippen MR) is 220 cm³/mol. The molecule has 248 valence electrons. The number of hydrogen-bond acceptors (Lipinski definition) is 1. The fraction of sp³-hybridized carbons (Fsp3) is 0.102. The summed E-state index contributed by atoms with van der Waals surface area (Å²) in [5.41, 5.74) is 14.0. The molecule has 1 nitrogen and oxygen atoms in total. The minimum atomic E-state index is -0.0387. The Balaban J connectivity index is 1.05. The van der Waals surface area contributed by atoms with Crippen LogP contribution in [-0.4, -0.2) is 15.0 Å². The first-order valence-electron chi connectivity index (χ1n) is 18.0. The van der Waals surface area contributed by atoms with Crippen LogP contribution in [0.3, 0.4) is 0 Å². The van der Waals surface area contributed by atoms with Crippen molar-refractivity contribution in [2.24, 2.45) is 0 Å². The van der Waals surface area contributed by atoms with Gasteiger partial charge in [0.1, 0.15) is 0 Å². The van der Waals surface area contributed by atoms with Gasteiger partial charge in [-0.05, 0) is 71.5 Å². The summed E-state index contributed by atoms with van der Waals surface area (Å²) >= 11 is 0.331. The Morgan fingerprint density at radius 2 is 0.922 bits per heavy atom. The number of anilines is 3. The number of rotatable bonds is 10. The van der Waals surface area contributed by atoms with E-state index in [4.69, 9.17) is 0 Å². The van der Waals surface area contributed by atoms with Crippen LogP contribution in [0.5, 0.6) is 0 Å². The molecule has 51 heavy (non-hydrogen) atoms. The van der Waals surface area contributed by atoms with E-state index in [0.29, 0.717) is 15.0 Å². The third-order valence-corrected chi connectivity index (χ3v) is 12.5. The topological polar surface area (TPSA) is 3.24 Å². The van der Waals surface area contributed by atoms with Crippen molar-refractivity contribution in [3.05, 3.63) is 198 Å². The van der Waals surface area contributed by atoms with E-state index in [1.165, 1.54) is 59.1 Å². The fourth-order valence-electron chi connectivity index (χ4n) is 7.68. The number of fused-ring (bicyclic) bond motifs is 3. The Morgan fingerprint density at radius 3 is 1.51 bits per heavy atom. The molecule has 0 saturated heterocycles. The molecule has 0 N–H and O–H groups in total. The molecule has 8 rings (SSSR count). The van der Waals surface area contributed by atoms with Crippen LogP contribution in [0.15, 0.2) is 176 Å². The monoisotopic (exact) mass is 723 g/mol. The second-order valence-corrected chi connectivity index (χ2v) is 15.6. The van der Waals surface area contributed by atoms with E-state index in [2.05, 4.69) is 207 Å². The summed E-state index contributed by atoms with van der Waals surface area (Å²) in [6.45, 7) is 4.70. The van der Waals surface area contributed by atoms with Crippen molar-refractivity contribution < 1.29 is 0 Å². The van der Waals surface area contributed by atoms with Gasteiger partial charge in [-0.2, -0.15) is 0 Å². The van der Waals surface area contributed by atoms with Crippen molar-refractivity contribution in [2.75, 3.05) is 4.90 Å². The van der Waals surface area contributed by atoms with Gasteiger partial charge in [0.05, 0.1) is 0 Å². The summed E-state index contributed by atoms with van der Waals surface area (Å²) in [6.07, 6.45) is 6.61. The molecular weight excluding hydrogens is 682 g/mol. The van der Waals surface area contributed by atoms with Crippen LogP contribution in [0.4, 0.5) is 17.1 Å². The molecule has 0 amide bonds. The Hall–Kier alpha value is -5.40. The predicted octanol–water partition coefficient (Wildman–Crippen LogP) is 11.7. The molecule has 0 spiro atoms. The molecule has 0 atom stereocenters.